The molecular formula is C12H19F2NO. The van der Waals surface area contributed by atoms with Crippen LogP contribution in [0.25, 0.3) is 0 Å². The minimum Gasteiger partial charge on any atom is -0.334 e. The lowest BCUT2D eigenvalue weighted by Crippen LogP contribution is -2.40. The highest BCUT2D eigenvalue weighted by atomic mass is 19.3. The second-order valence-corrected chi connectivity index (χ2v) is 6.48. The second kappa shape index (κ2) is 3.41. The molecule has 0 aromatic heterocycles. The van der Waals surface area contributed by atoms with Crippen molar-refractivity contribution in [2.75, 3.05) is 6.54 Å². The molecule has 0 aromatic carbocycles. The third kappa shape index (κ3) is 1.94. The van der Waals surface area contributed by atoms with Crippen LogP contribution in [0.3, 0.4) is 0 Å². The number of nitrogens with zero attached hydrogens (tertiary/aromatic N) is 1. The van der Waals surface area contributed by atoms with Crippen LogP contribution in [-0.2, 0) is 4.79 Å². The summed E-state index contributed by atoms with van der Waals surface area (Å²) < 4.78 is 24.9. The quantitative estimate of drug-likeness (QED) is 0.679. The Morgan fingerprint density at radius 2 is 1.94 bits per heavy atom. The molecule has 92 valence electrons. The van der Waals surface area contributed by atoms with E-state index in [0.29, 0.717) is 6.54 Å². The number of fused-ring (bicyclic) bond motifs is 2. The van der Waals surface area contributed by atoms with Crippen LogP contribution < -0.4 is 0 Å². The summed E-state index contributed by atoms with van der Waals surface area (Å²) >= 11 is 0. The number of alkyl halides is 2. The Bertz CT molecular complexity index is 316. The zero-order valence-corrected chi connectivity index (χ0v) is 10.1. The van der Waals surface area contributed by atoms with E-state index >= 15 is 0 Å². The molecule has 2 unspecified atom stereocenters. The van der Waals surface area contributed by atoms with Crippen molar-refractivity contribution in [1.29, 1.82) is 0 Å². The fourth-order valence-corrected chi connectivity index (χ4v) is 3.84. The van der Waals surface area contributed by atoms with E-state index in [-0.39, 0.29) is 16.9 Å². The Hall–Kier alpha value is -0.670. The highest BCUT2D eigenvalue weighted by Crippen LogP contribution is 2.52. The molecule has 1 heterocycles. The molecule has 2 rings (SSSR count). The standard InChI is InChI=1S/C12H19F2NO/c1-11(2)4-8-5-12(3,6-11)7-15(8)10(16)9(13)14/h8-9H,4-7H2,1-3H3. The summed E-state index contributed by atoms with van der Waals surface area (Å²) in [5, 5.41) is 0. The third-order valence-corrected chi connectivity index (χ3v) is 3.88. The molecule has 0 spiro atoms. The first-order chi connectivity index (χ1) is 7.22. The lowest BCUT2D eigenvalue weighted by atomic mass is 9.65. The first-order valence-corrected chi connectivity index (χ1v) is 5.81. The molecular weight excluding hydrogens is 212 g/mol. The van der Waals surface area contributed by atoms with Crippen molar-refractivity contribution < 1.29 is 13.6 Å². The molecule has 0 aromatic rings. The van der Waals surface area contributed by atoms with E-state index in [1.807, 2.05) is 0 Å². The van der Waals surface area contributed by atoms with Crippen LogP contribution in [0.1, 0.15) is 40.0 Å². The molecule has 1 saturated heterocycles. The van der Waals surface area contributed by atoms with Gasteiger partial charge in [-0.15, -0.1) is 0 Å². The Morgan fingerprint density at radius 1 is 1.31 bits per heavy atom. The predicted octanol–water partition coefficient (Wildman–Crippen LogP) is 2.68. The number of rotatable bonds is 1. The zero-order valence-electron chi connectivity index (χ0n) is 10.1. The van der Waals surface area contributed by atoms with Gasteiger partial charge in [-0.3, -0.25) is 4.79 Å². The van der Waals surface area contributed by atoms with Gasteiger partial charge in [-0.05, 0) is 30.1 Å². The first kappa shape index (κ1) is 11.8. The number of carbonyl (C=O) groups excluding carboxylic acids is 1. The monoisotopic (exact) mass is 231 g/mol. The van der Waals surface area contributed by atoms with Gasteiger partial charge in [0.25, 0.3) is 5.91 Å². The molecule has 4 heteroatoms. The minimum atomic E-state index is -2.86. The lowest BCUT2D eigenvalue weighted by Gasteiger charge is -2.39. The maximum absolute atomic E-state index is 12.5. The van der Waals surface area contributed by atoms with Gasteiger partial charge in [0.05, 0.1) is 0 Å². The maximum atomic E-state index is 12.5. The van der Waals surface area contributed by atoms with Gasteiger partial charge in [0.1, 0.15) is 0 Å². The van der Waals surface area contributed by atoms with E-state index in [1.54, 1.807) is 0 Å². The van der Waals surface area contributed by atoms with Crippen molar-refractivity contribution in [3.8, 4) is 0 Å². The number of carbonyl (C=O) groups is 1. The van der Waals surface area contributed by atoms with Gasteiger partial charge in [0.15, 0.2) is 0 Å². The lowest BCUT2D eigenvalue weighted by molar-refractivity contribution is -0.144. The fourth-order valence-electron chi connectivity index (χ4n) is 3.84. The highest BCUT2D eigenvalue weighted by molar-refractivity contribution is 5.80. The molecule has 0 N–H and O–H groups in total. The average Bonchev–Trinajstić information content (AvgIpc) is 2.33. The van der Waals surface area contributed by atoms with Crippen LogP contribution in [-0.4, -0.2) is 29.8 Å². The topological polar surface area (TPSA) is 20.3 Å². The summed E-state index contributed by atoms with van der Waals surface area (Å²) in [7, 11) is 0. The van der Waals surface area contributed by atoms with Crippen LogP contribution in [0.4, 0.5) is 8.78 Å². The van der Waals surface area contributed by atoms with Crippen molar-refractivity contribution in [2.24, 2.45) is 10.8 Å². The van der Waals surface area contributed by atoms with Gasteiger partial charge in [0.2, 0.25) is 0 Å². The Balaban J connectivity index is 2.19. The van der Waals surface area contributed by atoms with Gasteiger partial charge in [-0.2, -0.15) is 8.78 Å². The Kier molecular flexibility index (Phi) is 2.52. The van der Waals surface area contributed by atoms with E-state index in [2.05, 4.69) is 20.8 Å². The van der Waals surface area contributed by atoms with Crippen molar-refractivity contribution in [1.82, 2.24) is 4.90 Å². The zero-order chi connectivity index (χ0) is 12.1. The fraction of sp³-hybridized carbons (Fsp3) is 0.917. The molecule has 2 atom stereocenters. The summed E-state index contributed by atoms with van der Waals surface area (Å²) in [6.45, 7) is 6.94. The van der Waals surface area contributed by atoms with Crippen LogP contribution >= 0.6 is 0 Å². The van der Waals surface area contributed by atoms with Crippen molar-refractivity contribution in [3.63, 3.8) is 0 Å². The number of hydrogen-bond donors (Lipinski definition) is 0. The van der Waals surface area contributed by atoms with Gasteiger partial charge in [-0.25, -0.2) is 0 Å². The molecule has 0 radical (unpaired) electrons. The van der Waals surface area contributed by atoms with E-state index < -0.39 is 12.3 Å². The molecule has 1 aliphatic heterocycles. The molecule has 16 heavy (non-hydrogen) atoms. The van der Waals surface area contributed by atoms with E-state index in [0.717, 1.165) is 19.3 Å². The smallest absolute Gasteiger partial charge is 0.315 e. The van der Waals surface area contributed by atoms with Gasteiger partial charge >= 0.3 is 6.43 Å². The van der Waals surface area contributed by atoms with Crippen molar-refractivity contribution in [3.05, 3.63) is 0 Å². The maximum Gasteiger partial charge on any atom is 0.315 e. The largest absolute Gasteiger partial charge is 0.334 e. The van der Waals surface area contributed by atoms with Crippen LogP contribution in [0, 0.1) is 10.8 Å². The summed E-state index contributed by atoms with van der Waals surface area (Å²) in [4.78, 5) is 12.8. The van der Waals surface area contributed by atoms with Crippen LogP contribution in [0.2, 0.25) is 0 Å². The highest BCUT2D eigenvalue weighted by Gasteiger charge is 2.51. The van der Waals surface area contributed by atoms with Gasteiger partial charge in [-0.1, -0.05) is 20.8 Å². The van der Waals surface area contributed by atoms with Crippen molar-refractivity contribution in [2.45, 2.75) is 52.5 Å². The second-order valence-electron chi connectivity index (χ2n) is 6.48. The van der Waals surface area contributed by atoms with E-state index in [4.69, 9.17) is 0 Å². The molecule has 1 amide bonds. The Morgan fingerprint density at radius 3 is 2.50 bits per heavy atom. The van der Waals surface area contributed by atoms with Crippen LogP contribution in [0.5, 0.6) is 0 Å². The normalized spacial score (nSPS) is 36.9. The number of likely N-dealkylation sites (tertiary alicyclic amines) is 1. The molecule has 1 saturated carbocycles. The molecule has 2 fully saturated rings. The average molecular weight is 231 g/mol. The predicted molar refractivity (Wildman–Crippen MR) is 57.2 cm³/mol. The van der Waals surface area contributed by atoms with E-state index in [9.17, 15) is 13.6 Å². The van der Waals surface area contributed by atoms with E-state index in [1.165, 1.54) is 4.90 Å². The summed E-state index contributed by atoms with van der Waals surface area (Å²) in [5.41, 5.74) is 0.200. The summed E-state index contributed by atoms with van der Waals surface area (Å²) in [6.07, 6.45) is -0.106. The summed E-state index contributed by atoms with van der Waals surface area (Å²) in [6, 6.07) is 0.0234. The molecule has 2 aliphatic rings. The minimum absolute atomic E-state index is 0.0234. The van der Waals surface area contributed by atoms with Gasteiger partial charge < -0.3 is 4.90 Å². The number of halogens is 2. The first-order valence-electron chi connectivity index (χ1n) is 5.81. The third-order valence-electron chi connectivity index (χ3n) is 3.88. The van der Waals surface area contributed by atoms with Gasteiger partial charge in [0, 0.05) is 12.6 Å². The molecule has 2 bridgehead atoms. The van der Waals surface area contributed by atoms with Crippen molar-refractivity contribution >= 4 is 5.91 Å². The molecule has 2 nitrogen and oxygen atoms in total. The summed E-state index contributed by atoms with van der Waals surface area (Å²) in [5.74, 6) is -0.980. The van der Waals surface area contributed by atoms with Crippen LogP contribution in [0.15, 0.2) is 0 Å². The number of hydrogen-bond acceptors (Lipinski definition) is 1. The Labute approximate surface area is 95.0 Å². The SMILES string of the molecule is CC1(C)CC2CC(C)(CN2C(=O)C(F)F)C1. The molecule has 1 aliphatic carbocycles. The number of amides is 1.